The summed E-state index contributed by atoms with van der Waals surface area (Å²) < 4.78 is 2.38. The number of hydrogen-bond acceptors (Lipinski definition) is 2. The van der Waals surface area contributed by atoms with E-state index < -0.39 is 0 Å². The third kappa shape index (κ3) is 1.14. The lowest BCUT2D eigenvalue weighted by atomic mass is 10.00. The Morgan fingerprint density at radius 1 is 0.933 bits per heavy atom. The second-order valence-electron chi connectivity index (χ2n) is 4.45. The maximum Gasteiger partial charge on any atom is 0.262 e. The molecule has 0 fully saturated rings. The summed E-state index contributed by atoms with van der Waals surface area (Å²) in [7, 11) is 0. The van der Waals surface area contributed by atoms with E-state index in [0.717, 1.165) is 72.1 Å². The molecular formula is C11H15N2O2+. The molecule has 0 bridgehead atoms. The average molecular weight is 207 g/mol. The van der Waals surface area contributed by atoms with Gasteiger partial charge in [0.2, 0.25) is 0 Å². The molecule has 0 unspecified atom stereocenters. The van der Waals surface area contributed by atoms with Crippen molar-refractivity contribution in [1.29, 1.82) is 0 Å². The lowest BCUT2D eigenvalue weighted by molar-refractivity contribution is -0.517. The van der Waals surface area contributed by atoms with Crippen molar-refractivity contribution < 1.29 is 9.63 Å². The van der Waals surface area contributed by atoms with Gasteiger partial charge in [-0.05, 0) is 32.1 Å². The number of fused-ring (bicyclic) bond motifs is 2. The van der Waals surface area contributed by atoms with E-state index in [4.69, 9.17) is 0 Å². The van der Waals surface area contributed by atoms with Gasteiger partial charge in [-0.25, -0.2) is 0 Å². The van der Waals surface area contributed by atoms with Gasteiger partial charge >= 0.3 is 0 Å². The van der Waals surface area contributed by atoms with Crippen LogP contribution in [-0.2, 0) is 25.7 Å². The van der Waals surface area contributed by atoms with Crippen molar-refractivity contribution in [3.8, 4) is 0 Å². The molecule has 0 aromatic carbocycles. The topological polar surface area (TPSA) is 48.1 Å². The Morgan fingerprint density at radius 3 is 2.20 bits per heavy atom. The first-order valence-corrected chi connectivity index (χ1v) is 5.69. The van der Waals surface area contributed by atoms with E-state index in [9.17, 15) is 10.1 Å². The molecule has 1 aromatic heterocycles. The van der Waals surface area contributed by atoms with Gasteiger partial charge in [-0.1, -0.05) is 0 Å². The van der Waals surface area contributed by atoms with Crippen molar-refractivity contribution >= 4 is 0 Å². The van der Waals surface area contributed by atoms with E-state index in [1.807, 2.05) is 0 Å². The largest absolute Gasteiger partial charge is 0.428 e. The molecule has 15 heavy (non-hydrogen) atoms. The zero-order chi connectivity index (χ0) is 10.4. The quantitative estimate of drug-likeness (QED) is 0.510. The fourth-order valence-electron chi connectivity index (χ4n) is 2.80. The Labute approximate surface area is 87.7 Å². The second kappa shape index (κ2) is 3.08. The molecule has 0 aliphatic heterocycles. The summed E-state index contributed by atoms with van der Waals surface area (Å²) in [4.78, 5) is 12.0. The van der Waals surface area contributed by atoms with Gasteiger partial charge in [0, 0.05) is 17.7 Å². The minimum atomic E-state index is 0.790. The number of rotatable bonds is 0. The molecule has 0 spiro atoms. The lowest BCUT2D eigenvalue weighted by Crippen LogP contribution is -2.34. The Hall–Kier alpha value is -1.32. The first kappa shape index (κ1) is 8.95. The van der Waals surface area contributed by atoms with Crippen molar-refractivity contribution in [3.63, 3.8) is 0 Å². The summed E-state index contributed by atoms with van der Waals surface area (Å²) in [6.07, 6.45) is 6.42. The molecule has 4 heteroatoms. The van der Waals surface area contributed by atoms with Gasteiger partial charge in [-0.15, -0.1) is 0 Å². The number of nitrogens with zero attached hydrogens (tertiary/aromatic N) is 2. The van der Waals surface area contributed by atoms with E-state index in [0.29, 0.717) is 0 Å². The van der Waals surface area contributed by atoms with E-state index in [2.05, 4.69) is 0 Å². The van der Waals surface area contributed by atoms with Crippen molar-refractivity contribution in [2.75, 3.05) is 0 Å². The number of hydrogen-bond donors (Lipinski definition) is 1. The highest BCUT2D eigenvalue weighted by Crippen LogP contribution is 2.24. The summed E-state index contributed by atoms with van der Waals surface area (Å²) >= 11 is 0. The standard InChI is InChI=1S/C11H15N2O2/c14-12-8-4-1-2-5-9(8)13(15)11-7-3-6-10(11)12/h14H,1-7H2/q+1. The van der Waals surface area contributed by atoms with Crippen LogP contribution in [0.3, 0.4) is 0 Å². The Bertz CT molecular complexity index is 476. The Balaban J connectivity index is 2.33. The molecule has 2 aliphatic carbocycles. The molecule has 3 rings (SSSR count). The predicted octanol–water partition coefficient (Wildman–Crippen LogP) is 1.01. The normalized spacial score (nSPS) is 18.7. The SMILES string of the molecule is O=[n+]1c2c(n(O)c3c1CCC3)CCCC2. The Kier molecular flexibility index (Phi) is 1.84. The zero-order valence-corrected chi connectivity index (χ0v) is 8.70. The van der Waals surface area contributed by atoms with Crippen LogP contribution >= 0.6 is 0 Å². The summed E-state index contributed by atoms with van der Waals surface area (Å²) in [5.41, 5.74) is 3.27. The van der Waals surface area contributed by atoms with Gasteiger partial charge in [0.1, 0.15) is 11.4 Å². The molecule has 0 saturated carbocycles. The van der Waals surface area contributed by atoms with Gasteiger partial charge in [-0.2, -0.15) is 4.73 Å². The third-order valence-electron chi connectivity index (χ3n) is 3.57. The summed E-state index contributed by atoms with van der Waals surface area (Å²) in [6, 6.07) is 0. The highest BCUT2D eigenvalue weighted by Gasteiger charge is 2.33. The molecule has 1 aromatic rings. The molecule has 0 amide bonds. The fraction of sp³-hybridized carbons (Fsp3) is 0.636. The molecule has 2 aliphatic rings. The maximum atomic E-state index is 12.0. The minimum Gasteiger partial charge on any atom is -0.428 e. The van der Waals surface area contributed by atoms with E-state index >= 15 is 0 Å². The van der Waals surface area contributed by atoms with Crippen molar-refractivity contribution in [3.05, 3.63) is 27.7 Å². The smallest absolute Gasteiger partial charge is 0.262 e. The fourth-order valence-corrected chi connectivity index (χ4v) is 2.80. The molecule has 1 N–H and O–H groups in total. The van der Waals surface area contributed by atoms with Crippen molar-refractivity contribution in [2.45, 2.75) is 44.9 Å². The summed E-state index contributed by atoms with van der Waals surface area (Å²) in [5, 5.41) is 10.0. The van der Waals surface area contributed by atoms with Gasteiger partial charge in [0.25, 0.3) is 11.4 Å². The second-order valence-corrected chi connectivity index (χ2v) is 4.45. The Morgan fingerprint density at radius 2 is 1.47 bits per heavy atom. The molecular weight excluding hydrogens is 192 g/mol. The van der Waals surface area contributed by atoms with Crippen LogP contribution in [0.5, 0.6) is 0 Å². The predicted molar refractivity (Wildman–Crippen MR) is 53.7 cm³/mol. The average Bonchev–Trinajstić information content (AvgIpc) is 2.75. The summed E-state index contributed by atoms with van der Waals surface area (Å²) in [5.74, 6) is 0. The van der Waals surface area contributed by atoms with Crippen LogP contribution in [0, 0.1) is 4.91 Å². The monoisotopic (exact) mass is 207 g/mol. The molecule has 0 radical (unpaired) electrons. The first-order chi connectivity index (χ1) is 7.29. The van der Waals surface area contributed by atoms with E-state index in [1.165, 1.54) is 4.73 Å². The van der Waals surface area contributed by atoms with Crippen LogP contribution in [0.25, 0.3) is 0 Å². The highest BCUT2D eigenvalue weighted by atomic mass is 16.5. The van der Waals surface area contributed by atoms with E-state index in [1.54, 1.807) is 0 Å². The maximum absolute atomic E-state index is 12.0. The summed E-state index contributed by atoms with van der Waals surface area (Å²) in [6.45, 7) is 0. The molecule has 0 saturated heterocycles. The number of aromatic nitrogens is 2. The van der Waals surface area contributed by atoms with Gasteiger partial charge in [0.15, 0.2) is 0 Å². The van der Waals surface area contributed by atoms with Crippen LogP contribution in [0.2, 0.25) is 0 Å². The zero-order valence-electron chi connectivity index (χ0n) is 8.70. The van der Waals surface area contributed by atoms with Crippen LogP contribution in [0.4, 0.5) is 0 Å². The van der Waals surface area contributed by atoms with Gasteiger partial charge in [-0.3, -0.25) is 0 Å². The van der Waals surface area contributed by atoms with Crippen LogP contribution in [0.15, 0.2) is 0 Å². The van der Waals surface area contributed by atoms with Crippen LogP contribution in [-0.4, -0.2) is 9.94 Å². The van der Waals surface area contributed by atoms with Crippen LogP contribution < -0.4 is 4.43 Å². The molecule has 4 nitrogen and oxygen atoms in total. The third-order valence-corrected chi connectivity index (χ3v) is 3.57. The molecule has 80 valence electrons. The first-order valence-electron chi connectivity index (χ1n) is 5.69. The lowest BCUT2D eigenvalue weighted by Gasteiger charge is -2.14. The van der Waals surface area contributed by atoms with Gasteiger partial charge < -0.3 is 5.21 Å². The van der Waals surface area contributed by atoms with Crippen molar-refractivity contribution in [1.82, 2.24) is 4.73 Å². The molecule has 1 heterocycles. The van der Waals surface area contributed by atoms with E-state index in [-0.39, 0.29) is 0 Å². The highest BCUT2D eigenvalue weighted by molar-refractivity contribution is 5.21. The van der Waals surface area contributed by atoms with Crippen molar-refractivity contribution in [2.24, 2.45) is 0 Å². The van der Waals surface area contributed by atoms with Crippen LogP contribution in [0.1, 0.15) is 42.0 Å². The molecule has 0 atom stereocenters. The van der Waals surface area contributed by atoms with Gasteiger partial charge in [0.05, 0.1) is 4.43 Å². The minimum absolute atomic E-state index is 0.790.